The summed E-state index contributed by atoms with van der Waals surface area (Å²) in [6.45, 7) is 6.80. The highest BCUT2D eigenvalue weighted by Crippen LogP contribution is 2.30. The van der Waals surface area contributed by atoms with Gasteiger partial charge in [-0.2, -0.15) is 0 Å². The molecule has 10 heteroatoms. The first-order valence-corrected chi connectivity index (χ1v) is 12.4. The third kappa shape index (κ3) is 8.57. The fourth-order valence-electron chi connectivity index (χ4n) is 3.98. The van der Waals surface area contributed by atoms with E-state index in [9.17, 15) is 24.4 Å². The summed E-state index contributed by atoms with van der Waals surface area (Å²) in [5.74, 6) is -1.05. The Balaban J connectivity index is 1.57. The minimum atomic E-state index is -1.39. The van der Waals surface area contributed by atoms with Crippen LogP contribution in [0.1, 0.15) is 40.9 Å². The Morgan fingerprint density at radius 2 is 1.90 bits per heavy atom. The van der Waals surface area contributed by atoms with Gasteiger partial charge in [0.1, 0.15) is 22.9 Å². The molecule has 2 N–H and O–H groups in total. The van der Waals surface area contributed by atoms with Gasteiger partial charge in [0.05, 0.1) is 30.3 Å². The maximum atomic E-state index is 13.9. The normalized spacial score (nSPS) is 12.2. The number of carboxylic acid groups (broad SMARTS) is 1. The summed E-state index contributed by atoms with van der Waals surface area (Å²) < 4.78 is 31.2. The number of methoxy groups -OCH3 is 1. The van der Waals surface area contributed by atoms with Gasteiger partial charge >= 0.3 is 5.97 Å². The number of ether oxygens (including phenoxy) is 3. The van der Waals surface area contributed by atoms with Crippen LogP contribution < -0.4 is 10.1 Å². The third-order valence-electron chi connectivity index (χ3n) is 6.18. The van der Waals surface area contributed by atoms with E-state index in [1.54, 1.807) is 44.4 Å². The number of benzene rings is 3. The molecule has 0 aliphatic carbocycles. The van der Waals surface area contributed by atoms with Gasteiger partial charge in [-0.05, 0) is 62.6 Å². The Morgan fingerprint density at radius 1 is 1.15 bits per heavy atom. The molecule has 0 spiro atoms. The Morgan fingerprint density at radius 3 is 2.56 bits per heavy atom. The van der Waals surface area contributed by atoms with Crippen LogP contribution >= 0.6 is 0 Å². The smallest absolute Gasteiger partial charge is 0.342 e. The van der Waals surface area contributed by atoms with Gasteiger partial charge in [-0.25, -0.2) is 9.18 Å². The molecule has 0 aliphatic heterocycles. The number of halogens is 1. The molecule has 0 saturated heterocycles. The number of nitrogens with one attached hydrogen (secondary N) is 1. The number of hydrogen-bond donors (Lipinski definition) is 2. The highest BCUT2D eigenvalue weighted by atomic mass is 19.1. The summed E-state index contributed by atoms with van der Waals surface area (Å²) in [5, 5.41) is 23.9. The van der Waals surface area contributed by atoms with Gasteiger partial charge in [0.2, 0.25) is 0 Å². The maximum Gasteiger partial charge on any atom is 0.342 e. The topological polar surface area (TPSA) is 120 Å². The standard InChI is InChI=1S/C29H33FN2O7/c1-19-9-10-20(13-25(19)30)15-29(2,3)31-16-23(37-4)18-38-17-21-7-5-6-8-27(21)39-22-11-12-24(28(33)34)26(14-22)32(35)36/h5-14,23,31H,15-18H2,1-4H3,(H,33,34)/t23-/m1/s1. The lowest BCUT2D eigenvalue weighted by atomic mass is 9.94. The number of aryl methyl sites for hydroxylation is 1. The van der Waals surface area contributed by atoms with Crippen molar-refractivity contribution in [3.05, 3.63) is 98.8 Å². The molecule has 0 heterocycles. The molecule has 1 atom stereocenters. The molecule has 0 radical (unpaired) electrons. The predicted molar refractivity (Wildman–Crippen MR) is 144 cm³/mol. The molecule has 0 unspecified atom stereocenters. The Bertz CT molecular complexity index is 1310. The van der Waals surface area contributed by atoms with Gasteiger partial charge in [0, 0.05) is 24.8 Å². The van der Waals surface area contributed by atoms with E-state index in [1.807, 2.05) is 26.0 Å². The molecule has 0 bridgehead atoms. The molecule has 0 amide bonds. The van der Waals surface area contributed by atoms with Crippen molar-refractivity contribution < 1.29 is 33.4 Å². The van der Waals surface area contributed by atoms with E-state index in [0.717, 1.165) is 17.7 Å². The van der Waals surface area contributed by atoms with E-state index < -0.39 is 22.1 Å². The second kappa shape index (κ2) is 13.3. The fourth-order valence-corrected chi connectivity index (χ4v) is 3.98. The molecular weight excluding hydrogens is 507 g/mol. The number of nitrogens with zero attached hydrogens (tertiary/aromatic N) is 1. The van der Waals surface area contributed by atoms with Crippen LogP contribution in [-0.2, 0) is 22.5 Å². The summed E-state index contributed by atoms with van der Waals surface area (Å²) in [4.78, 5) is 21.8. The Kier molecular flexibility index (Phi) is 10.1. The van der Waals surface area contributed by atoms with Crippen LogP contribution in [0.5, 0.6) is 11.5 Å². The van der Waals surface area contributed by atoms with Crippen LogP contribution in [-0.4, -0.2) is 47.9 Å². The Hall–Kier alpha value is -3.86. The van der Waals surface area contributed by atoms with Crippen molar-refractivity contribution in [1.82, 2.24) is 5.32 Å². The number of nitro benzene ring substituents is 1. The van der Waals surface area contributed by atoms with E-state index in [0.29, 0.717) is 29.8 Å². The zero-order chi connectivity index (χ0) is 28.6. The highest BCUT2D eigenvalue weighted by molar-refractivity contribution is 5.92. The number of para-hydroxylation sites is 1. The van der Waals surface area contributed by atoms with Crippen LogP contribution in [0, 0.1) is 22.9 Å². The van der Waals surface area contributed by atoms with Crippen molar-refractivity contribution in [1.29, 1.82) is 0 Å². The summed E-state index contributed by atoms with van der Waals surface area (Å²) in [6, 6.07) is 15.9. The molecule has 3 rings (SSSR count). The van der Waals surface area contributed by atoms with E-state index in [4.69, 9.17) is 14.2 Å². The van der Waals surface area contributed by atoms with E-state index >= 15 is 0 Å². The van der Waals surface area contributed by atoms with Crippen molar-refractivity contribution in [2.24, 2.45) is 0 Å². The van der Waals surface area contributed by atoms with Crippen LogP contribution in [0.4, 0.5) is 10.1 Å². The van der Waals surface area contributed by atoms with Crippen LogP contribution in [0.25, 0.3) is 0 Å². The minimum Gasteiger partial charge on any atom is -0.477 e. The van der Waals surface area contributed by atoms with Gasteiger partial charge < -0.3 is 24.6 Å². The number of rotatable bonds is 14. The molecular formula is C29H33FN2O7. The van der Waals surface area contributed by atoms with Crippen molar-refractivity contribution in [3.8, 4) is 11.5 Å². The quantitative estimate of drug-likeness (QED) is 0.198. The number of carbonyl (C=O) groups is 1. The van der Waals surface area contributed by atoms with E-state index in [-0.39, 0.29) is 36.4 Å². The third-order valence-corrected chi connectivity index (χ3v) is 6.18. The average molecular weight is 541 g/mol. The molecule has 39 heavy (non-hydrogen) atoms. The maximum absolute atomic E-state index is 13.9. The predicted octanol–water partition coefficient (Wildman–Crippen LogP) is 5.68. The number of aromatic carboxylic acids is 1. The molecule has 0 fully saturated rings. The summed E-state index contributed by atoms with van der Waals surface area (Å²) in [6.07, 6.45) is 0.385. The van der Waals surface area contributed by atoms with Crippen molar-refractivity contribution in [2.75, 3.05) is 20.3 Å². The molecule has 3 aromatic carbocycles. The van der Waals surface area contributed by atoms with Gasteiger partial charge in [0.15, 0.2) is 0 Å². The van der Waals surface area contributed by atoms with Crippen LogP contribution in [0.3, 0.4) is 0 Å². The van der Waals surface area contributed by atoms with Gasteiger partial charge in [-0.1, -0.05) is 30.3 Å². The van der Waals surface area contributed by atoms with E-state index in [1.165, 1.54) is 6.07 Å². The molecule has 3 aromatic rings. The van der Waals surface area contributed by atoms with Crippen LogP contribution in [0.2, 0.25) is 0 Å². The zero-order valence-electron chi connectivity index (χ0n) is 22.4. The lowest BCUT2D eigenvalue weighted by molar-refractivity contribution is -0.385. The minimum absolute atomic E-state index is 0.133. The van der Waals surface area contributed by atoms with Crippen molar-refractivity contribution >= 4 is 11.7 Å². The first-order chi connectivity index (χ1) is 18.5. The second-order valence-corrected chi connectivity index (χ2v) is 9.85. The largest absolute Gasteiger partial charge is 0.477 e. The second-order valence-electron chi connectivity index (χ2n) is 9.85. The zero-order valence-corrected chi connectivity index (χ0v) is 22.4. The van der Waals surface area contributed by atoms with Crippen LogP contribution in [0.15, 0.2) is 60.7 Å². The SMILES string of the molecule is CO[C@H](CNC(C)(C)Cc1ccc(C)c(F)c1)COCc1ccccc1Oc1ccc(C(=O)O)c([N+](=O)[O-])c1. The van der Waals surface area contributed by atoms with Crippen molar-refractivity contribution in [2.45, 2.75) is 45.4 Å². The molecule has 0 aromatic heterocycles. The lowest BCUT2D eigenvalue weighted by Gasteiger charge is -2.29. The molecule has 0 aliphatic rings. The van der Waals surface area contributed by atoms with Gasteiger partial charge in [0.25, 0.3) is 5.69 Å². The van der Waals surface area contributed by atoms with E-state index in [2.05, 4.69) is 5.32 Å². The number of carboxylic acids is 1. The fraction of sp³-hybridized carbons (Fsp3) is 0.345. The van der Waals surface area contributed by atoms with Crippen molar-refractivity contribution in [3.63, 3.8) is 0 Å². The number of hydrogen-bond acceptors (Lipinski definition) is 7. The summed E-state index contributed by atoms with van der Waals surface area (Å²) >= 11 is 0. The average Bonchev–Trinajstić information content (AvgIpc) is 2.88. The van der Waals surface area contributed by atoms with Gasteiger partial charge in [-0.15, -0.1) is 0 Å². The Labute approximate surface area is 226 Å². The molecule has 0 saturated carbocycles. The molecule has 9 nitrogen and oxygen atoms in total. The first-order valence-electron chi connectivity index (χ1n) is 12.4. The highest BCUT2D eigenvalue weighted by Gasteiger charge is 2.22. The first kappa shape index (κ1) is 29.7. The number of nitro groups is 1. The van der Waals surface area contributed by atoms with Gasteiger partial charge in [-0.3, -0.25) is 10.1 Å². The lowest BCUT2D eigenvalue weighted by Crippen LogP contribution is -2.46. The summed E-state index contributed by atoms with van der Waals surface area (Å²) in [5.41, 5.74) is 0.937. The monoisotopic (exact) mass is 540 g/mol. The molecule has 208 valence electrons. The summed E-state index contributed by atoms with van der Waals surface area (Å²) in [7, 11) is 1.60.